The zero-order valence-electron chi connectivity index (χ0n) is 22.3. The van der Waals surface area contributed by atoms with Gasteiger partial charge in [0.15, 0.2) is 0 Å². The van der Waals surface area contributed by atoms with Gasteiger partial charge in [-0.3, -0.25) is 4.18 Å². The molecule has 0 saturated heterocycles. The van der Waals surface area contributed by atoms with Crippen LogP contribution in [-0.4, -0.2) is 19.6 Å². The molecule has 33 heavy (non-hydrogen) atoms. The van der Waals surface area contributed by atoms with Gasteiger partial charge in [0.05, 0.1) is 6.61 Å². The van der Waals surface area contributed by atoms with E-state index in [0.29, 0.717) is 0 Å². The van der Waals surface area contributed by atoms with Crippen LogP contribution in [0.2, 0.25) is 0 Å². The van der Waals surface area contributed by atoms with E-state index in [-0.39, 0.29) is 63.9 Å². The largest absolute Gasteiger partial charge is 1.00 e. The van der Waals surface area contributed by atoms with Gasteiger partial charge in [-0.15, -0.1) is 0 Å². The average Bonchev–Trinajstić information content (AvgIpc) is 2.75. The first-order valence-electron chi connectivity index (χ1n) is 13.8. The van der Waals surface area contributed by atoms with E-state index in [1.54, 1.807) is 0 Å². The summed E-state index contributed by atoms with van der Waals surface area (Å²) in [5.74, 6) is 0.0199. The van der Waals surface area contributed by atoms with Gasteiger partial charge in [-0.25, -0.2) is 8.42 Å². The van der Waals surface area contributed by atoms with E-state index in [2.05, 4.69) is 30.2 Å². The summed E-state index contributed by atoms with van der Waals surface area (Å²) in [5, 5.41) is 0. The van der Waals surface area contributed by atoms with Gasteiger partial charge in [-0.1, -0.05) is 142 Å². The molecule has 0 bridgehead atoms. The van der Waals surface area contributed by atoms with E-state index in [9.17, 15) is 13.0 Å². The molecule has 1 unspecified atom stereocenters. The summed E-state index contributed by atoms with van der Waals surface area (Å²) < 4.78 is 37.0. The predicted molar refractivity (Wildman–Crippen MR) is 137 cm³/mol. The fraction of sp³-hybridized carbons (Fsp3) is 0.926. The fourth-order valence-electron chi connectivity index (χ4n) is 4.16. The second-order valence-corrected chi connectivity index (χ2v) is 10.5. The Kier molecular flexibility index (Phi) is 30.7. The topological polar surface area (TPSA) is 66.4 Å². The van der Waals surface area contributed by atoms with Crippen LogP contribution >= 0.6 is 0 Å². The van der Waals surface area contributed by atoms with Crippen LogP contribution in [0.15, 0.2) is 12.2 Å². The number of rotatable bonds is 25. The van der Waals surface area contributed by atoms with E-state index >= 15 is 0 Å². The van der Waals surface area contributed by atoms with Crippen molar-refractivity contribution in [3.05, 3.63) is 12.2 Å². The Morgan fingerprint density at radius 3 is 1.48 bits per heavy atom. The Hall–Kier alpha value is 1.25. The maximum Gasteiger partial charge on any atom is 1.00 e. The summed E-state index contributed by atoms with van der Waals surface area (Å²) in [6, 6.07) is 0. The van der Waals surface area contributed by atoms with Crippen molar-refractivity contribution in [2.24, 2.45) is 5.92 Å². The van der Waals surface area contributed by atoms with Crippen molar-refractivity contribution in [2.45, 2.75) is 149 Å². The van der Waals surface area contributed by atoms with Crippen molar-refractivity contribution in [1.82, 2.24) is 0 Å². The second kappa shape index (κ2) is 27.8. The summed E-state index contributed by atoms with van der Waals surface area (Å²) in [6.07, 6.45) is 30.9. The molecule has 0 rings (SSSR count). The number of hydrogen-bond acceptors (Lipinski definition) is 4. The van der Waals surface area contributed by atoms with Gasteiger partial charge in [0.1, 0.15) is 0 Å². The zero-order valence-corrected chi connectivity index (χ0v) is 26.3. The van der Waals surface area contributed by atoms with Gasteiger partial charge in [0.25, 0.3) is 0 Å². The Morgan fingerprint density at radius 1 is 0.667 bits per heavy atom. The van der Waals surface area contributed by atoms with Crippen LogP contribution in [0, 0.1) is 5.92 Å². The summed E-state index contributed by atoms with van der Waals surface area (Å²) in [5.41, 5.74) is 0. The molecule has 0 radical (unpaired) electrons. The Morgan fingerprint density at radius 2 is 1.06 bits per heavy atom. The normalized spacial score (nSPS) is 12.8. The van der Waals surface area contributed by atoms with Crippen molar-refractivity contribution in [1.29, 1.82) is 0 Å². The molecular weight excluding hydrogens is 459 g/mol. The smallest absolute Gasteiger partial charge is 0.726 e. The fourth-order valence-corrected chi connectivity index (χ4v) is 4.50. The third-order valence-corrected chi connectivity index (χ3v) is 6.66. The number of hydrogen-bond donors (Lipinski definition) is 0. The minimum absolute atomic E-state index is 0. The molecule has 0 spiro atoms. The first-order valence-corrected chi connectivity index (χ1v) is 15.1. The van der Waals surface area contributed by atoms with Crippen molar-refractivity contribution in [2.75, 3.05) is 6.61 Å². The van der Waals surface area contributed by atoms with Gasteiger partial charge in [-0.05, 0) is 19.3 Å². The maximum atomic E-state index is 10.8. The van der Waals surface area contributed by atoms with Crippen molar-refractivity contribution in [3.8, 4) is 0 Å². The molecule has 6 heteroatoms. The summed E-state index contributed by atoms with van der Waals surface area (Å²) in [4.78, 5) is 0. The third kappa shape index (κ3) is 31.2. The molecule has 0 saturated carbocycles. The number of allylic oxidation sites excluding steroid dienone is 1. The molecular formula is C27H53KO4S. The first kappa shape index (κ1) is 36.4. The molecule has 0 aliphatic heterocycles. The Balaban J connectivity index is 0. The SMILES string of the molecule is CCCCCCCC/C=C/C(CCCCCCCCCCCCCCC)COS(=O)(=O)[O-].[K+]. The van der Waals surface area contributed by atoms with Crippen LogP contribution < -0.4 is 51.4 Å². The standard InChI is InChI=1S/C27H54O4S.K/c1-3-5-7-9-11-13-14-15-16-17-19-21-23-25-27(26-31-32(28,29)30)24-22-20-18-12-10-8-6-4-2;/h22,24,27H,3-21,23,25-26H2,1-2H3,(H,28,29,30);/q;+1/p-1/b24-22+;. The van der Waals surface area contributed by atoms with Gasteiger partial charge in [0.2, 0.25) is 10.4 Å². The van der Waals surface area contributed by atoms with Crippen LogP contribution in [0.5, 0.6) is 0 Å². The summed E-state index contributed by atoms with van der Waals surface area (Å²) >= 11 is 0. The minimum Gasteiger partial charge on any atom is -0.726 e. The van der Waals surface area contributed by atoms with Crippen LogP contribution in [0.3, 0.4) is 0 Å². The quantitative estimate of drug-likeness (QED) is 0.0504. The molecule has 0 aromatic heterocycles. The van der Waals surface area contributed by atoms with Crippen LogP contribution in [-0.2, 0) is 14.6 Å². The number of unbranched alkanes of at least 4 members (excludes halogenated alkanes) is 18. The molecule has 0 fully saturated rings. The molecule has 4 nitrogen and oxygen atoms in total. The first-order chi connectivity index (χ1) is 15.5. The predicted octanol–water partition coefficient (Wildman–Crippen LogP) is 5.87. The average molecular weight is 513 g/mol. The molecule has 0 amide bonds. The van der Waals surface area contributed by atoms with E-state index in [1.165, 1.54) is 116 Å². The van der Waals surface area contributed by atoms with Crippen LogP contribution in [0.25, 0.3) is 0 Å². The van der Waals surface area contributed by atoms with Crippen molar-refractivity contribution >= 4 is 10.4 Å². The van der Waals surface area contributed by atoms with Crippen molar-refractivity contribution in [3.63, 3.8) is 0 Å². The van der Waals surface area contributed by atoms with E-state index in [0.717, 1.165) is 19.3 Å². The van der Waals surface area contributed by atoms with E-state index in [1.807, 2.05) is 0 Å². The Labute approximate surface area is 249 Å². The summed E-state index contributed by atoms with van der Waals surface area (Å²) in [6.45, 7) is 4.47. The molecule has 1 atom stereocenters. The van der Waals surface area contributed by atoms with Gasteiger partial charge in [-0.2, -0.15) is 0 Å². The molecule has 0 aromatic carbocycles. The van der Waals surface area contributed by atoms with E-state index in [4.69, 9.17) is 0 Å². The Bertz CT molecular complexity index is 508. The maximum absolute atomic E-state index is 10.8. The molecule has 0 heterocycles. The van der Waals surface area contributed by atoms with Crippen LogP contribution in [0.4, 0.5) is 0 Å². The zero-order chi connectivity index (χ0) is 23.8. The van der Waals surface area contributed by atoms with Gasteiger partial charge < -0.3 is 4.55 Å². The van der Waals surface area contributed by atoms with Gasteiger partial charge >= 0.3 is 51.4 Å². The molecule has 0 N–H and O–H groups in total. The second-order valence-electron chi connectivity index (χ2n) is 9.47. The van der Waals surface area contributed by atoms with Crippen molar-refractivity contribution < 1.29 is 68.5 Å². The van der Waals surface area contributed by atoms with Gasteiger partial charge in [0, 0.05) is 5.92 Å². The monoisotopic (exact) mass is 512 g/mol. The van der Waals surface area contributed by atoms with E-state index < -0.39 is 10.4 Å². The molecule has 192 valence electrons. The minimum atomic E-state index is -4.61. The van der Waals surface area contributed by atoms with Crippen LogP contribution in [0.1, 0.15) is 149 Å². The molecule has 0 aromatic rings. The summed E-state index contributed by atoms with van der Waals surface area (Å²) in [7, 11) is -4.61. The molecule has 0 aliphatic rings. The molecule has 0 aliphatic carbocycles. The third-order valence-electron chi connectivity index (χ3n) is 6.24.